The third-order valence-electron chi connectivity index (χ3n) is 3.26. The van der Waals surface area contributed by atoms with Crippen LogP contribution in [0.5, 0.6) is 0 Å². The maximum atomic E-state index is 11.8. The van der Waals surface area contributed by atoms with Crippen LogP contribution in [-0.4, -0.2) is 17.5 Å². The van der Waals surface area contributed by atoms with Gasteiger partial charge in [0.2, 0.25) is 5.91 Å². The molecule has 3 heteroatoms. The third kappa shape index (κ3) is 2.27. The summed E-state index contributed by atoms with van der Waals surface area (Å²) in [6.07, 6.45) is 3.74. The summed E-state index contributed by atoms with van der Waals surface area (Å²) in [5.74, 6) is 0.525. The fraction of sp³-hybridized carbons (Fsp3) is 0.909. The third-order valence-corrected chi connectivity index (χ3v) is 3.26. The van der Waals surface area contributed by atoms with E-state index in [1.807, 2.05) is 0 Å². The normalized spacial score (nSPS) is 21.5. The van der Waals surface area contributed by atoms with Gasteiger partial charge >= 0.3 is 0 Å². The lowest BCUT2D eigenvalue weighted by atomic mass is 9.76. The quantitative estimate of drug-likeness (QED) is 0.717. The summed E-state index contributed by atoms with van der Waals surface area (Å²) in [6.45, 7) is 6.34. The number of amides is 1. The Morgan fingerprint density at radius 2 is 2.07 bits per heavy atom. The van der Waals surface area contributed by atoms with Crippen molar-refractivity contribution in [2.24, 2.45) is 11.7 Å². The van der Waals surface area contributed by atoms with Crippen LogP contribution >= 0.6 is 0 Å². The minimum Gasteiger partial charge on any atom is -0.352 e. The molecular weight excluding hydrogens is 176 g/mol. The molecule has 1 aliphatic rings. The van der Waals surface area contributed by atoms with E-state index in [0.717, 1.165) is 25.7 Å². The van der Waals surface area contributed by atoms with Gasteiger partial charge in [-0.3, -0.25) is 4.79 Å². The Morgan fingerprint density at radius 1 is 1.50 bits per heavy atom. The Bertz CT molecular complexity index is 209. The van der Waals surface area contributed by atoms with Gasteiger partial charge in [0.15, 0.2) is 0 Å². The molecule has 1 amide bonds. The van der Waals surface area contributed by atoms with Gasteiger partial charge in [-0.15, -0.1) is 0 Å². The van der Waals surface area contributed by atoms with Crippen molar-refractivity contribution in [1.29, 1.82) is 0 Å². The summed E-state index contributed by atoms with van der Waals surface area (Å²) >= 11 is 0. The van der Waals surface area contributed by atoms with Crippen molar-refractivity contribution in [1.82, 2.24) is 5.32 Å². The Kier molecular flexibility index (Phi) is 3.53. The van der Waals surface area contributed by atoms with Crippen LogP contribution in [0.4, 0.5) is 0 Å². The lowest BCUT2D eigenvalue weighted by Crippen LogP contribution is -2.60. The zero-order chi connectivity index (χ0) is 10.8. The SMILES string of the molecule is CCC(NC(=O)C1(N)CCC1)C(C)C. The molecule has 1 atom stereocenters. The molecule has 1 saturated carbocycles. The molecule has 0 radical (unpaired) electrons. The Labute approximate surface area is 86.4 Å². The van der Waals surface area contributed by atoms with Crippen LogP contribution in [-0.2, 0) is 4.79 Å². The molecule has 0 aromatic heterocycles. The summed E-state index contributed by atoms with van der Waals surface area (Å²) in [7, 11) is 0. The molecule has 3 N–H and O–H groups in total. The average molecular weight is 198 g/mol. The smallest absolute Gasteiger partial charge is 0.240 e. The lowest BCUT2D eigenvalue weighted by Gasteiger charge is -2.38. The van der Waals surface area contributed by atoms with Gasteiger partial charge in [0.1, 0.15) is 0 Å². The largest absolute Gasteiger partial charge is 0.352 e. The average Bonchev–Trinajstić information content (AvgIpc) is 2.09. The van der Waals surface area contributed by atoms with Crippen LogP contribution in [0.1, 0.15) is 46.5 Å². The molecule has 1 aliphatic carbocycles. The van der Waals surface area contributed by atoms with Gasteiger partial charge in [-0.25, -0.2) is 0 Å². The van der Waals surface area contributed by atoms with Gasteiger partial charge in [0.05, 0.1) is 5.54 Å². The highest BCUT2D eigenvalue weighted by Crippen LogP contribution is 2.29. The van der Waals surface area contributed by atoms with E-state index in [-0.39, 0.29) is 11.9 Å². The van der Waals surface area contributed by atoms with E-state index in [2.05, 4.69) is 26.1 Å². The van der Waals surface area contributed by atoms with Gasteiger partial charge in [-0.1, -0.05) is 20.8 Å². The van der Waals surface area contributed by atoms with Gasteiger partial charge < -0.3 is 11.1 Å². The van der Waals surface area contributed by atoms with E-state index in [9.17, 15) is 4.79 Å². The summed E-state index contributed by atoms with van der Waals surface area (Å²) in [5.41, 5.74) is 5.38. The highest BCUT2D eigenvalue weighted by atomic mass is 16.2. The number of hydrogen-bond acceptors (Lipinski definition) is 2. The number of hydrogen-bond donors (Lipinski definition) is 2. The lowest BCUT2D eigenvalue weighted by molar-refractivity contribution is -0.130. The van der Waals surface area contributed by atoms with Crippen molar-refractivity contribution < 1.29 is 4.79 Å². The molecule has 3 nitrogen and oxygen atoms in total. The van der Waals surface area contributed by atoms with Crippen LogP contribution in [0.2, 0.25) is 0 Å². The van der Waals surface area contributed by atoms with Gasteiger partial charge in [-0.2, -0.15) is 0 Å². The highest BCUT2D eigenvalue weighted by Gasteiger charge is 2.40. The number of nitrogens with two attached hydrogens (primary N) is 1. The molecule has 0 spiro atoms. The molecule has 82 valence electrons. The van der Waals surface area contributed by atoms with Crippen LogP contribution in [0.25, 0.3) is 0 Å². The van der Waals surface area contributed by atoms with Crippen molar-refractivity contribution in [3.63, 3.8) is 0 Å². The molecular formula is C11H22N2O. The maximum absolute atomic E-state index is 11.8. The van der Waals surface area contributed by atoms with Gasteiger partial charge in [0, 0.05) is 6.04 Å². The first-order chi connectivity index (χ1) is 6.49. The van der Waals surface area contributed by atoms with Crippen LogP contribution in [0.15, 0.2) is 0 Å². The van der Waals surface area contributed by atoms with Gasteiger partial charge in [0.25, 0.3) is 0 Å². The summed E-state index contributed by atoms with van der Waals surface area (Å²) in [4.78, 5) is 11.8. The predicted molar refractivity (Wildman–Crippen MR) is 57.8 cm³/mol. The van der Waals surface area contributed by atoms with E-state index in [1.54, 1.807) is 0 Å². The fourth-order valence-electron chi connectivity index (χ4n) is 1.84. The van der Waals surface area contributed by atoms with Crippen molar-refractivity contribution in [2.75, 3.05) is 0 Å². The molecule has 0 bridgehead atoms. The van der Waals surface area contributed by atoms with E-state index in [1.165, 1.54) is 0 Å². The predicted octanol–water partition coefficient (Wildman–Crippen LogP) is 1.42. The molecule has 0 heterocycles. The minimum atomic E-state index is -0.553. The number of carbonyl (C=O) groups excluding carboxylic acids is 1. The van der Waals surface area contributed by atoms with E-state index in [0.29, 0.717) is 5.92 Å². The number of nitrogens with one attached hydrogen (secondary N) is 1. The first-order valence-corrected chi connectivity index (χ1v) is 5.59. The number of rotatable bonds is 4. The zero-order valence-electron chi connectivity index (χ0n) is 9.47. The van der Waals surface area contributed by atoms with Crippen molar-refractivity contribution >= 4 is 5.91 Å². The standard InChI is InChI=1S/C11H22N2O/c1-4-9(8(2)3)13-10(14)11(12)6-5-7-11/h8-9H,4-7,12H2,1-3H3,(H,13,14). The fourth-order valence-corrected chi connectivity index (χ4v) is 1.84. The molecule has 1 unspecified atom stereocenters. The zero-order valence-corrected chi connectivity index (χ0v) is 9.47. The summed E-state index contributed by atoms with van der Waals surface area (Å²) < 4.78 is 0. The second-order valence-corrected chi connectivity index (χ2v) is 4.74. The molecule has 0 aliphatic heterocycles. The first-order valence-electron chi connectivity index (χ1n) is 5.59. The Hall–Kier alpha value is -0.570. The van der Waals surface area contributed by atoms with E-state index < -0.39 is 5.54 Å². The highest BCUT2D eigenvalue weighted by molar-refractivity contribution is 5.87. The molecule has 0 aromatic carbocycles. The van der Waals surface area contributed by atoms with E-state index >= 15 is 0 Å². The van der Waals surface area contributed by atoms with Crippen LogP contribution < -0.4 is 11.1 Å². The van der Waals surface area contributed by atoms with Crippen molar-refractivity contribution in [3.05, 3.63) is 0 Å². The minimum absolute atomic E-state index is 0.0456. The van der Waals surface area contributed by atoms with Gasteiger partial charge in [-0.05, 0) is 31.6 Å². The summed E-state index contributed by atoms with van der Waals surface area (Å²) in [6, 6.07) is 0.267. The Morgan fingerprint density at radius 3 is 2.36 bits per heavy atom. The molecule has 1 fully saturated rings. The summed E-state index contributed by atoms with van der Waals surface area (Å²) in [5, 5.41) is 3.04. The number of carbonyl (C=O) groups is 1. The van der Waals surface area contributed by atoms with Crippen molar-refractivity contribution in [2.45, 2.75) is 58.0 Å². The Balaban J connectivity index is 2.46. The molecule has 0 saturated heterocycles. The van der Waals surface area contributed by atoms with Crippen molar-refractivity contribution in [3.8, 4) is 0 Å². The van der Waals surface area contributed by atoms with Crippen LogP contribution in [0, 0.1) is 5.92 Å². The molecule has 14 heavy (non-hydrogen) atoms. The first kappa shape index (κ1) is 11.5. The maximum Gasteiger partial charge on any atom is 0.240 e. The topological polar surface area (TPSA) is 55.1 Å². The molecule has 0 aromatic rings. The second kappa shape index (κ2) is 4.30. The second-order valence-electron chi connectivity index (χ2n) is 4.74. The van der Waals surface area contributed by atoms with E-state index in [4.69, 9.17) is 5.73 Å². The molecule has 1 rings (SSSR count). The van der Waals surface area contributed by atoms with Crippen LogP contribution in [0.3, 0.4) is 0 Å². The monoisotopic (exact) mass is 198 g/mol.